The van der Waals surface area contributed by atoms with Gasteiger partial charge in [-0.1, -0.05) is 11.6 Å². The third kappa shape index (κ3) is 1.38. The van der Waals surface area contributed by atoms with Crippen LogP contribution in [-0.4, -0.2) is 4.92 Å². The van der Waals surface area contributed by atoms with Crippen molar-refractivity contribution < 1.29 is 9.66 Å². The van der Waals surface area contributed by atoms with E-state index in [0.29, 0.717) is 13.2 Å². The highest BCUT2D eigenvalue weighted by Crippen LogP contribution is 2.31. The van der Waals surface area contributed by atoms with E-state index >= 15 is 0 Å². The number of rotatable bonds is 1. The number of halogens is 1. The molecule has 5 heteroatoms. The molecule has 0 saturated heterocycles. The summed E-state index contributed by atoms with van der Waals surface area (Å²) in [6, 6.07) is 3.08. The Hall–Kier alpha value is -1.13. The molecule has 0 bridgehead atoms. The Kier molecular flexibility index (Phi) is 1.94. The van der Waals surface area contributed by atoms with Gasteiger partial charge >= 0.3 is 0 Å². The second-order valence-electron chi connectivity index (χ2n) is 2.82. The number of benzene rings is 1. The second kappa shape index (κ2) is 2.97. The standard InChI is InChI=1S/C8H6ClNO3/c9-7-1-5-3-13-4-6(5)2-8(7)10(11)12/h1-2H,3-4H2. The largest absolute Gasteiger partial charge is 0.372 e. The molecule has 68 valence electrons. The Balaban J connectivity index is 2.55. The Morgan fingerprint density at radius 2 is 2.00 bits per heavy atom. The smallest absolute Gasteiger partial charge is 0.288 e. The molecular formula is C8H6ClNO3. The number of nitrogens with zero attached hydrogens (tertiary/aromatic N) is 1. The van der Waals surface area contributed by atoms with Gasteiger partial charge in [-0.05, 0) is 17.2 Å². The lowest BCUT2D eigenvalue weighted by atomic mass is 10.1. The minimum absolute atomic E-state index is 0.0501. The van der Waals surface area contributed by atoms with Crippen molar-refractivity contribution in [3.8, 4) is 0 Å². The number of nitro benzene ring substituents is 1. The van der Waals surface area contributed by atoms with Gasteiger partial charge in [-0.25, -0.2) is 0 Å². The maximum absolute atomic E-state index is 10.5. The van der Waals surface area contributed by atoms with Crippen molar-refractivity contribution in [2.45, 2.75) is 13.2 Å². The molecule has 2 rings (SSSR count). The van der Waals surface area contributed by atoms with Crippen molar-refractivity contribution in [2.75, 3.05) is 0 Å². The molecule has 13 heavy (non-hydrogen) atoms. The molecule has 0 spiro atoms. The first-order chi connectivity index (χ1) is 6.18. The fraction of sp³-hybridized carbons (Fsp3) is 0.250. The molecule has 0 unspecified atom stereocenters. The van der Waals surface area contributed by atoms with E-state index in [9.17, 15) is 10.1 Å². The summed E-state index contributed by atoms with van der Waals surface area (Å²) in [6.07, 6.45) is 0. The van der Waals surface area contributed by atoms with Crippen molar-refractivity contribution >= 4 is 17.3 Å². The summed E-state index contributed by atoms with van der Waals surface area (Å²) in [4.78, 5) is 10.0. The summed E-state index contributed by atoms with van der Waals surface area (Å²) in [5.74, 6) is 0. The number of ether oxygens (including phenoxy) is 1. The van der Waals surface area contributed by atoms with Gasteiger partial charge in [-0.15, -0.1) is 0 Å². The molecule has 0 atom stereocenters. The van der Waals surface area contributed by atoms with Gasteiger partial charge in [0.25, 0.3) is 5.69 Å². The van der Waals surface area contributed by atoms with E-state index in [4.69, 9.17) is 16.3 Å². The van der Waals surface area contributed by atoms with Gasteiger partial charge in [0, 0.05) is 6.07 Å². The first-order valence-corrected chi connectivity index (χ1v) is 4.09. The van der Waals surface area contributed by atoms with Crippen LogP contribution in [0.4, 0.5) is 5.69 Å². The van der Waals surface area contributed by atoms with E-state index in [1.54, 1.807) is 6.07 Å². The second-order valence-corrected chi connectivity index (χ2v) is 3.23. The van der Waals surface area contributed by atoms with Gasteiger partial charge in [0.1, 0.15) is 5.02 Å². The zero-order chi connectivity index (χ0) is 9.42. The quantitative estimate of drug-likeness (QED) is 0.515. The molecule has 1 aliphatic heterocycles. The lowest BCUT2D eigenvalue weighted by Crippen LogP contribution is -1.92. The van der Waals surface area contributed by atoms with Crippen molar-refractivity contribution in [3.05, 3.63) is 38.4 Å². The van der Waals surface area contributed by atoms with Crippen LogP contribution in [0.2, 0.25) is 5.02 Å². The fourth-order valence-corrected chi connectivity index (χ4v) is 1.58. The van der Waals surface area contributed by atoms with Crippen LogP contribution in [-0.2, 0) is 18.0 Å². The number of hydrogen-bond acceptors (Lipinski definition) is 3. The van der Waals surface area contributed by atoms with Gasteiger partial charge in [-0.2, -0.15) is 0 Å². The summed E-state index contributed by atoms with van der Waals surface area (Å²) in [6.45, 7) is 0.931. The summed E-state index contributed by atoms with van der Waals surface area (Å²) in [7, 11) is 0. The normalized spacial score (nSPS) is 14.2. The van der Waals surface area contributed by atoms with E-state index in [1.165, 1.54) is 6.07 Å². The Morgan fingerprint density at radius 3 is 2.62 bits per heavy atom. The molecule has 1 aliphatic rings. The molecule has 0 amide bonds. The van der Waals surface area contributed by atoms with Crippen LogP contribution < -0.4 is 0 Å². The average molecular weight is 200 g/mol. The minimum atomic E-state index is -0.485. The van der Waals surface area contributed by atoms with Gasteiger partial charge < -0.3 is 4.74 Å². The minimum Gasteiger partial charge on any atom is -0.372 e. The Bertz CT molecular complexity index is 378. The fourth-order valence-electron chi connectivity index (χ4n) is 1.33. The van der Waals surface area contributed by atoms with Gasteiger partial charge in [0.2, 0.25) is 0 Å². The molecule has 1 heterocycles. The topological polar surface area (TPSA) is 52.4 Å². The van der Waals surface area contributed by atoms with Crippen molar-refractivity contribution in [1.29, 1.82) is 0 Å². The van der Waals surface area contributed by atoms with E-state index < -0.39 is 4.92 Å². The van der Waals surface area contributed by atoms with Crippen LogP contribution in [0.15, 0.2) is 12.1 Å². The highest BCUT2D eigenvalue weighted by molar-refractivity contribution is 6.32. The van der Waals surface area contributed by atoms with E-state index in [-0.39, 0.29) is 10.7 Å². The van der Waals surface area contributed by atoms with E-state index in [2.05, 4.69) is 0 Å². The molecule has 1 aromatic rings. The third-order valence-corrected chi connectivity index (χ3v) is 2.28. The molecule has 1 aromatic carbocycles. The SMILES string of the molecule is O=[N+]([O-])c1cc2c(cc1Cl)COC2. The first kappa shape index (κ1) is 8.47. The summed E-state index contributed by atoms with van der Waals surface area (Å²) >= 11 is 5.71. The highest BCUT2D eigenvalue weighted by Gasteiger charge is 2.19. The van der Waals surface area contributed by atoms with E-state index in [1.807, 2.05) is 0 Å². The zero-order valence-electron chi connectivity index (χ0n) is 6.62. The third-order valence-electron chi connectivity index (χ3n) is 1.98. The Labute approximate surface area is 79.2 Å². The molecular weight excluding hydrogens is 194 g/mol. The van der Waals surface area contributed by atoms with Crippen molar-refractivity contribution in [3.63, 3.8) is 0 Å². The van der Waals surface area contributed by atoms with Crippen LogP contribution in [0.3, 0.4) is 0 Å². The van der Waals surface area contributed by atoms with E-state index in [0.717, 1.165) is 11.1 Å². The molecule has 0 saturated carbocycles. The first-order valence-electron chi connectivity index (χ1n) is 3.72. The number of hydrogen-bond donors (Lipinski definition) is 0. The average Bonchev–Trinajstić information content (AvgIpc) is 2.48. The number of nitro groups is 1. The highest BCUT2D eigenvalue weighted by atomic mass is 35.5. The van der Waals surface area contributed by atoms with Gasteiger partial charge in [0.15, 0.2) is 0 Å². The Morgan fingerprint density at radius 1 is 1.38 bits per heavy atom. The molecule has 0 radical (unpaired) electrons. The summed E-state index contributed by atoms with van der Waals surface area (Å²) < 4.78 is 5.12. The molecule has 0 fully saturated rings. The maximum atomic E-state index is 10.5. The lowest BCUT2D eigenvalue weighted by Gasteiger charge is -1.98. The molecule has 0 aromatic heterocycles. The summed E-state index contributed by atoms with van der Waals surface area (Å²) in [5.41, 5.74) is 1.75. The molecule has 0 aliphatic carbocycles. The predicted molar refractivity (Wildman–Crippen MR) is 46.6 cm³/mol. The van der Waals surface area contributed by atoms with Crippen LogP contribution in [0.5, 0.6) is 0 Å². The maximum Gasteiger partial charge on any atom is 0.288 e. The van der Waals surface area contributed by atoms with Gasteiger partial charge in [-0.3, -0.25) is 10.1 Å². The lowest BCUT2D eigenvalue weighted by molar-refractivity contribution is -0.384. The van der Waals surface area contributed by atoms with Crippen LogP contribution in [0.1, 0.15) is 11.1 Å². The van der Waals surface area contributed by atoms with Crippen molar-refractivity contribution in [2.24, 2.45) is 0 Å². The monoisotopic (exact) mass is 199 g/mol. The zero-order valence-corrected chi connectivity index (χ0v) is 7.37. The number of fused-ring (bicyclic) bond motifs is 1. The van der Waals surface area contributed by atoms with Gasteiger partial charge in [0.05, 0.1) is 18.1 Å². The van der Waals surface area contributed by atoms with Crippen LogP contribution in [0.25, 0.3) is 0 Å². The van der Waals surface area contributed by atoms with Crippen LogP contribution >= 0.6 is 11.6 Å². The molecule has 4 nitrogen and oxygen atoms in total. The van der Waals surface area contributed by atoms with Crippen molar-refractivity contribution in [1.82, 2.24) is 0 Å². The summed E-state index contributed by atoms with van der Waals surface area (Å²) in [5, 5.41) is 10.7. The predicted octanol–water partition coefficient (Wildman–Crippen LogP) is 2.28. The molecule has 0 N–H and O–H groups in total. The van der Waals surface area contributed by atoms with Crippen LogP contribution in [0, 0.1) is 10.1 Å².